The maximum Gasteiger partial charge on any atom is 1.00 e. The van der Waals surface area contributed by atoms with E-state index in [0.29, 0.717) is 49.6 Å². The molecule has 0 radical (unpaired) electrons. The van der Waals surface area contributed by atoms with E-state index in [1.807, 2.05) is 57.7 Å². The van der Waals surface area contributed by atoms with E-state index in [1.165, 1.54) is 7.11 Å². The van der Waals surface area contributed by atoms with Crippen LogP contribution >= 0.6 is 0 Å². The molecule has 0 amide bonds. The van der Waals surface area contributed by atoms with Gasteiger partial charge in [-0.05, 0) is 154 Å². The van der Waals surface area contributed by atoms with Crippen LogP contribution in [-0.2, 0) is 23.8 Å². The maximum atomic E-state index is 11.2. The summed E-state index contributed by atoms with van der Waals surface area (Å²) in [6, 6.07) is 15.5. The van der Waals surface area contributed by atoms with Crippen LogP contribution in [0.25, 0.3) is 22.3 Å². The second-order valence-corrected chi connectivity index (χ2v) is 21.1. The monoisotopic (exact) mass is 1060 g/mol. The third-order valence-corrected chi connectivity index (χ3v) is 12.3. The smallest absolute Gasteiger partial charge is 0.870 e. The molecule has 2 aliphatic rings. The number of aromatic nitrogens is 8. The minimum Gasteiger partial charge on any atom is -0.870 e. The van der Waals surface area contributed by atoms with Crippen LogP contribution in [-0.4, -0.2) is 106 Å². The van der Waals surface area contributed by atoms with Crippen LogP contribution in [0.3, 0.4) is 0 Å². The fourth-order valence-corrected chi connectivity index (χ4v) is 8.60. The summed E-state index contributed by atoms with van der Waals surface area (Å²) in [6.45, 7) is 15.3. The molecule has 0 aliphatic carbocycles. The van der Waals surface area contributed by atoms with Crippen LogP contribution in [0.5, 0.6) is 11.5 Å². The average molecular weight is 1060 g/mol. The number of benzene rings is 2. The van der Waals surface area contributed by atoms with Crippen molar-refractivity contribution in [3.63, 3.8) is 0 Å². The predicted molar refractivity (Wildman–Crippen MR) is 293 cm³/mol. The number of carbonyl (C=O) groups excluding carboxylic acids is 1. The zero-order valence-electron chi connectivity index (χ0n) is 46.4. The van der Waals surface area contributed by atoms with Crippen molar-refractivity contribution < 1.29 is 62.7 Å². The van der Waals surface area contributed by atoms with Gasteiger partial charge in [0.2, 0.25) is 11.9 Å². The summed E-state index contributed by atoms with van der Waals surface area (Å²) in [6.07, 6.45) is 17.7. The molecule has 2 aliphatic heterocycles. The van der Waals surface area contributed by atoms with E-state index in [-0.39, 0.29) is 60.3 Å². The zero-order chi connectivity index (χ0) is 53.2. The number of anilines is 6. The number of carbonyl (C=O) groups is 2. The first kappa shape index (κ1) is 61.6. The van der Waals surface area contributed by atoms with E-state index in [9.17, 15) is 9.59 Å². The van der Waals surface area contributed by atoms with Crippen molar-refractivity contribution >= 4 is 69.2 Å². The summed E-state index contributed by atoms with van der Waals surface area (Å²) in [4.78, 5) is 50.1. The molecule has 2 atom stereocenters. The number of unbranched alkanes of at least 4 members (excludes halogenated alkanes) is 6. The Balaban J connectivity index is 0.000000277. The Kier molecular flexibility index (Phi) is 24.0. The van der Waals surface area contributed by atoms with Gasteiger partial charge in [-0.25, -0.2) is 9.97 Å². The number of methoxy groups -OCH3 is 1. The molecule has 77 heavy (non-hydrogen) atoms. The molecular formula is C55H79LiN12O9. The van der Waals surface area contributed by atoms with Gasteiger partial charge in [-0.2, -0.15) is 19.9 Å². The van der Waals surface area contributed by atoms with Gasteiger partial charge in [0.1, 0.15) is 24.0 Å². The Hall–Kier alpha value is -6.24. The van der Waals surface area contributed by atoms with Crippen molar-refractivity contribution in [2.24, 2.45) is 0 Å². The Labute approximate surface area is 464 Å². The summed E-state index contributed by atoms with van der Waals surface area (Å²) in [5.41, 5.74) is 4.26. The number of fused-ring (bicyclic) bond motifs is 2. The number of hydrogen-bond acceptors (Lipinski definition) is 18. The van der Waals surface area contributed by atoms with Crippen molar-refractivity contribution in [3.05, 3.63) is 61.2 Å². The van der Waals surface area contributed by atoms with Crippen molar-refractivity contribution in [2.45, 2.75) is 168 Å². The van der Waals surface area contributed by atoms with Gasteiger partial charge in [0.15, 0.2) is 34.0 Å². The fraction of sp³-hybridized carbons (Fsp3) is 0.564. The first-order valence-electron chi connectivity index (χ1n) is 26.7. The first-order chi connectivity index (χ1) is 36.1. The van der Waals surface area contributed by atoms with Gasteiger partial charge in [-0.15, -0.1) is 0 Å². The molecule has 22 heteroatoms. The molecule has 2 unspecified atom stereocenters. The molecule has 4 aromatic heterocycles. The molecule has 6 aromatic rings. The van der Waals surface area contributed by atoms with Gasteiger partial charge >= 0.3 is 30.8 Å². The summed E-state index contributed by atoms with van der Waals surface area (Å²) in [5.74, 6) is 3.05. The van der Waals surface area contributed by atoms with Crippen LogP contribution in [0.4, 0.5) is 34.9 Å². The molecule has 6 N–H and O–H groups in total. The second-order valence-electron chi connectivity index (χ2n) is 21.1. The fourth-order valence-electron chi connectivity index (χ4n) is 8.60. The normalized spacial score (nSPS) is 15.5. The molecule has 21 nitrogen and oxygen atoms in total. The number of esters is 1. The number of nitrogens with zero attached hydrogens (tertiary/aromatic N) is 8. The van der Waals surface area contributed by atoms with E-state index in [1.54, 1.807) is 12.7 Å². The van der Waals surface area contributed by atoms with Crippen LogP contribution in [0.1, 0.15) is 157 Å². The molecule has 2 fully saturated rings. The Morgan fingerprint density at radius 3 is 1.40 bits per heavy atom. The van der Waals surface area contributed by atoms with E-state index < -0.39 is 5.97 Å². The SMILES string of the molecule is CC(C)(C)Nc1nc(Nc2ccc(OCCCCCCC(=O)O)cc2)nc2c1ncn2C1CCCCO1.COC(=O)CCCCCCOc1ccc(Nc2nc(NC(C)(C)C)c3ncn(C4CCCCO4)c3n2)cc1.[Li+].[OH-]. The van der Waals surface area contributed by atoms with Crippen molar-refractivity contribution in [1.82, 2.24) is 39.0 Å². The van der Waals surface area contributed by atoms with Gasteiger partial charge in [-0.3, -0.25) is 18.7 Å². The second kappa shape index (κ2) is 30.1. The molecule has 2 aromatic carbocycles. The van der Waals surface area contributed by atoms with Gasteiger partial charge in [-0.1, -0.05) is 25.7 Å². The Morgan fingerprint density at radius 2 is 1.03 bits per heavy atom. The number of carboxylic acids is 1. The maximum absolute atomic E-state index is 11.2. The summed E-state index contributed by atoms with van der Waals surface area (Å²) in [5, 5.41) is 22.3. The number of hydrogen-bond donors (Lipinski definition) is 5. The van der Waals surface area contributed by atoms with Crippen LogP contribution in [0.15, 0.2) is 61.2 Å². The predicted octanol–water partition coefficient (Wildman–Crippen LogP) is 8.70. The third-order valence-electron chi connectivity index (χ3n) is 12.3. The first-order valence-corrected chi connectivity index (χ1v) is 26.7. The zero-order valence-corrected chi connectivity index (χ0v) is 46.4. The number of ether oxygens (including phenoxy) is 5. The topological polar surface area (TPSA) is 266 Å². The quantitative estimate of drug-likeness (QED) is 0.0215. The van der Waals surface area contributed by atoms with Crippen LogP contribution in [0, 0.1) is 0 Å². The molecule has 0 saturated carbocycles. The van der Waals surface area contributed by atoms with Gasteiger partial charge in [0.05, 0.1) is 33.0 Å². The number of imidazole rings is 2. The standard InChI is InChI=1S/C28H40N6O4.C27H38N6O4.Li.H2O/c1-28(2,3)33-25-24-26(34(19-29-24)22-11-8-10-18-38-22)32-27(31-25)30-20-13-15-21(16-14-20)37-17-9-6-5-7-12-23(35)36-4;1-27(2,3)32-24-23-25(33(18-28-23)21-10-7-9-17-37-21)31-26(30-24)29-19-12-14-20(15-13-19)36-16-8-5-4-6-11-22(34)35;;/h13-16,19,22H,5-12,17-18H2,1-4H3,(H2,30,31,32,33);12-15,18,21H,4-11,16-17H2,1-3H3,(H,34,35)(H2,29,30,31,32);;1H2/q;;+1;/p-1. The molecule has 2 saturated heterocycles. The van der Waals surface area contributed by atoms with Crippen molar-refractivity contribution in [2.75, 3.05) is 54.8 Å². The van der Waals surface area contributed by atoms with Crippen LogP contribution < -0.4 is 49.6 Å². The molecular weight excluding hydrogens is 980 g/mol. The molecule has 8 rings (SSSR count). The van der Waals surface area contributed by atoms with Crippen molar-refractivity contribution in [3.8, 4) is 11.5 Å². The summed E-state index contributed by atoms with van der Waals surface area (Å²) < 4.78 is 32.4. The van der Waals surface area contributed by atoms with Gasteiger partial charge < -0.3 is 55.5 Å². The van der Waals surface area contributed by atoms with E-state index in [2.05, 4.69) is 77.5 Å². The number of aliphatic carboxylic acids is 1. The minimum atomic E-state index is -0.735. The third kappa shape index (κ3) is 19.6. The van der Waals surface area contributed by atoms with E-state index in [0.717, 1.165) is 142 Å². The molecule has 0 bridgehead atoms. The number of carboxylic acid groups (broad SMARTS) is 1. The van der Waals surface area contributed by atoms with E-state index in [4.69, 9.17) is 44.0 Å². The van der Waals surface area contributed by atoms with Gasteiger partial charge in [0.25, 0.3) is 0 Å². The summed E-state index contributed by atoms with van der Waals surface area (Å²) in [7, 11) is 1.42. The number of nitrogens with one attached hydrogen (secondary N) is 4. The molecule has 6 heterocycles. The minimum absolute atomic E-state index is 0. The largest absolute Gasteiger partial charge is 1.00 e. The average Bonchev–Trinajstić information content (AvgIpc) is 4.02. The number of rotatable bonds is 24. The molecule has 0 spiro atoms. The molecule has 414 valence electrons. The van der Waals surface area contributed by atoms with Crippen molar-refractivity contribution in [1.29, 1.82) is 0 Å². The van der Waals surface area contributed by atoms with Crippen LogP contribution in [0.2, 0.25) is 0 Å². The Morgan fingerprint density at radius 1 is 0.610 bits per heavy atom. The van der Waals surface area contributed by atoms with E-state index >= 15 is 0 Å². The Bertz CT molecular complexity index is 2730. The van der Waals surface area contributed by atoms with Gasteiger partial charge in [0, 0.05) is 48.5 Å². The summed E-state index contributed by atoms with van der Waals surface area (Å²) >= 11 is 0.